The number of hydrogen-bond donors (Lipinski definition) is 0. The summed E-state index contributed by atoms with van der Waals surface area (Å²) < 4.78 is 10.3. The fraction of sp³-hybridized carbons (Fsp3) is 0.219. The van der Waals surface area contributed by atoms with Crippen LogP contribution in [0.3, 0.4) is 0 Å². The molecule has 198 valence electrons. The minimum Gasteiger partial charge on any atom is -0.496 e. The molecule has 2 aromatic heterocycles. The van der Waals surface area contributed by atoms with Gasteiger partial charge < -0.3 is 9.30 Å². The summed E-state index contributed by atoms with van der Waals surface area (Å²) in [6, 6.07) is 21.7. The molecule has 0 saturated carbocycles. The number of para-hydroxylation sites is 2. The Morgan fingerprint density at radius 3 is 2.44 bits per heavy atom. The highest BCUT2D eigenvalue weighted by Crippen LogP contribution is 2.34. The van der Waals surface area contributed by atoms with Gasteiger partial charge in [-0.2, -0.15) is 9.78 Å². The van der Waals surface area contributed by atoms with Crippen LogP contribution in [-0.4, -0.2) is 27.6 Å². The standard InChI is InChI=1S/C32H31BrN4O2/c1-19(2)25-17-26(20(3)15-30(25)39-6)31-35-28-13-9-7-11-24(28)32(38)37(31)34-18-23-16-21(4)36(22(23)5)29-14-10-8-12-27(29)33/h7-19H,1-6H3. The lowest BCUT2D eigenvalue weighted by Crippen LogP contribution is -2.21. The molecule has 0 atom stereocenters. The molecule has 6 nitrogen and oxygen atoms in total. The van der Waals surface area contributed by atoms with Crippen LogP contribution in [0, 0.1) is 20.8 Å². The minimum atomic E-state index is -0.215. The van der Waals surface area contributed by atoms with Crippen molar-refractivity contribution in [2.24, 2.45) is 5.10 Å². The van der Waals surface area contributed by atoms with Crippen LogP contribution >= 0.6 is 15.9 Å². The number of hydrogen-bond acceptors (Lipinski definition) is 4. The van der Waals surface area contributed by atoms with Crippen molar-refractivity contribution in [3.63, 3.8) is 0 Å². The van der Waals surface area contributed by atoms with Crippen LogP contribution in [0.1, 0.15) is 47.8 Å². The van der Waals surface area contributed by atoms with Gasteiger partial charge in [0.1, 0.15) is 5.75 Å². The second-order valence-electron chi connectivity index (χ2n) is 9.99. The first-order valence-electron chi connectivity index (χ1n) is 12.9. The van der Waals surface area contributed by atoms with E-state index in [0.717, 1.165) is 49.6 Å². The van der Waals surface area contributed by atoms with Gasteiger partial charge in [0.05, 0.1) is 29.9 Å². The van der Waals surface area contributed by atoms with E-state index in [2.05, 4.69) is 66.4 Å². The molecule has 0 radical (unpaired) electrons. The molecule has 0 aliphatic heterocycles. The highest BCUT2D eigenvalue weighted by molar-refractivity contribution is 9.10. The van der Waals surface area contributed by atoms with Gasteiger partial charge in [0.2, 0.25) is 0 Å². The lowest BCUT2D eigenvalue weighted by molar-refractivity contribution is 0.407. The van der Waals surface area contributed by atoms with Crippen LogP contribution in [0.5, 0.6) is 5.75 Å². The molecule has 0 unspecified atom stereocenters. The van der Waals surface area contributed by atoms with Gasteiger partial charge in [-0.1, -0.05) is 38.1 Å². The van der Waals surface area contributed by atoms with Crippen LogP contribution in [-0.2, 0) is 0 Å². The van der Waals surface area contributed by atoms with Crippen molar-refractivity contribution in [3.05, 3.63) is 110 Å². The van der Waals surface area contributed by atoms with E-state index in [1.807, 2.05) is 49.4 Å². The SMILES string of the molecule is COc1cc(C)c(-c2nc3ccccc3c(=O)n2N=Cc2cc(C)n(-c3ccccc3Br)c2C)cc1C(C)C. The number of halogens is 1. The Labute approximate surface area is 236 Å². The van der Waals surface area contributed by atoms with E-state index in [0.29, 0.717) is 16.7 Å². The van der Waals surface area contributed by atoms with Gasteiger partial charge >= 0.3 is 0 Å². The molecule has 0 amide bonds. The first-order valence-corrected chi connectivity index (χ1v) is 13.7. The first-order chi connectivity index (χ1) is 18.7. The monoisotopic (exact) mass is 582 g/mol. The maximum atomic E-state index is 13.8. The molecule has 0 aliphatic carbocycles. The molecule has 5 rings (SSSR count). The molecule has 0 N–H and O–H groups in total. The van der Waals surface area contributed by atoms with Crippen molar-refractivity contribution in [3.8, 4) is 22.8 Å². The highest BCUT2D eigenvalue weighted by atomic mass is 79.9. The summed E-state index contributed by atoms with van der Waals surface area (Å²) in [6.07, 6.45) is 1.75. The third kappa shape index (κ3) is 4.83. The number of fused-ring (bicyclic) bond motifs is 1. The van der Waals surface area contributed by atoms with Crippen molar-refractivity contribution in [2.75, 3.05) is 7.11 Å². The normalized spacial score (nSPS) is 11.7. The lowest BCUT2D eigenvalue weighted by atomic mass is 9.96. The molecule has 2 heterocycles. The maximum Gasteiger partial charge on any atom is 0.282 e. The maximum absolute atomic E-state index is 13.8. The topological polar surface area (TPSA) is 61.4 Å². The highest BCUT2D eigenvalue weighted by Gasteiger charge is 2.19. The number of ether oxygens (including phenoxy) is 1. The summed E-state index contributed by atoms with van der Waals surface area (Å²) in [5.74, 6) is 1.55. The predicted molar refractivity (Wildman–Crippen MR) is 163 cm³/mol. The summed E-state index contributed by atoms with van der Waals surface area (Å²) in [4.78, 5) is 18.7. The van der Waals surface area contributed by atoms with Gasteiger partial charge in [-0.3, -0.25) is 4.79 Å². The number of rotatable bonds is 6. The Morgan fingerprint density at radius 1 is 1.00 bits per heavy atom. The Balaban J connectivity index is 1.72. The molecule has 0 bridgehead atoms. The summed E-state index contributed by atoms with van der Waals surface area (Å²) in [5.41, 5.74) is 7.33. The molecule has 0 saturated heterocycles. The van der Waals surface area contributed by atoms with E-state index in [9.17, 15) is 4.79 Å². The van der Waals surface area contributed by atoms with Crippen LogP contribution in [0.25, 0.3) is 28.0 Å². The van der Waals surface area contributed by atoms with Gasteiger partial charge in [0.15, 0.2) is 5.82 Å². The third-order valence-electron chi connectivity index (χ3n) is 7.07. The zero-order valence-electron chi connectivity index (χ0n) is 23.0. The first kappa shape index (κ1) is 26.6. The molecule has 0 fully saturated rings. The second kappa shape index (κ2) is 10.7. The van der Waals surface area contributed by atoms with Crippen molar-refractivity contribution in [2.45, 2.75) is 40.5 Å². The summed E-state index contributed by atoms with van der Waals surface area (Å²) in [5, 5.41) is 5.27. The van der Waals surface area contributed by atoms with E-state index in [1.54, 1.807) is 19.4 Å². The largest absolute Gasteiger partial charge is 0.496 e. The van der Waals surface area contributed by atoms with Crippen LogP contribution in [0.4, 0.5) is 0 Å². The zero-order valence-corrected chi connectivity index (χ0v) is 24.6. The number of aryl methyl sites for hydroxylation is 2. The Morgan fingerprint density at radius 2 is 1.72 bits per heavy atom. The van der Waals surface area contributed by atoms with Gasteiger partial charge in [0.25, 0.3) is 5.56 Å². The third-order valence-corrected chi connectivity index (χ3v) is 7.74. The van der Waals surface area contributed by atoms with Gasteiger partial charge in [-0.15, -0.1) is 0 Å². The van der Waals surface area contributed by atoms with Gasteiger partial charge in [0, 0.05) is 27.0 Å². The predicted octanol–water partition coefficient (Wildman–Crippen LogP) is 7.56. The Bertz CT molecular complexity index is 1800. The molecular weight excluding hydrogens is 552 g/mol. The number of nitrogens with zero attached hydrogens (tertiary/aromatic N) is 4. The molecule has 5 aromatic rings. The van der Waals surface area contributed by atoms with E-state index >= 15 is 0 Å². The number of aromatic nitrogens is 3. The summed E-state index contributed by atoms with van der Waals surface area (Å²) >= 11 is 3.67. The van der Waals surface area contributed by atoms with Gasteiger partial charge in [-0.25, -0.2) is 4.98 Å². The molecule has 0 aliphatic rings. The fourth-order valence-corrected chi connectivity index (χ4v) is 5.48. The Hall–Kier alpha value is -3.97. The van der Waals surface area contributed by atoms with Crippen LogP contribution in [0.2, 0.25) is 0 Å². The van der Waals surface area contributed by atoms with E-state index in [-0.39, 0.29) is 11.5 Å². The molecule has 3 aromatic carbocycles. The van der Waals surface area contributed by atoms with Crippen LogP contribution < -0.4 is 10.3 Å². The second-order valence-corrected chi connectivity index (χ2v) is 10.8. The van der Waals surface area contributed by atoms with E-state index < -0.39 is 0 Å². The molecule has 39 heavy (non-hydrogen) atoms. The quantitative estimate of drug-likeness (QED) is 0.194. The smallest absolute Gasteiger partial charge is 0.282 e. The van der Waals surface area contributed by atoms with Crippen molar-refractivity contribution < 1.29 is 4.74 Å². The Kier molecular flexibility index (Phi) is 7.28. The fourth-order valence-electron chi connectivity index (χ4n) is 5.01. The molecule has 0 spiro atoms. The summed E-state index contributed by atoms with van der Waals surface area (Å²) in [6.45, 7) is 10.4. The van der Waals surface area contributed by atoms with E-state index in [4.69, 9.17) is 14.8 Å². The lowest BCUT2D eigenvalue weighted by Gasteiger charge is -2.17. The molecule has 7 heteroatoms. The van der Waals surface area contributed by atoms with Gasteiger partial charge in [-0.05, 0) is 96.2 Å². The zero-order chi connectivity index (χ0) is 27.8. The number of benzene rings is 3. The van der Waals surface area contributed by atoms with Crippen molar-refractivity contribution >= 4 is 33.0 Å². The van der Waals surface area contributed by atoms with Crippen LogP contribution in [0.15, 0.2) is 81.1 Å². The van der Waals surface area contributed by atoms with Crippen molar-refractivity contribution in [1.29, 1.82) is 0 Å². The molecular formula is C32H31BrN4O2. The summed E-state index contributed by atoms with van der Waals surface area (Å²) in [7, 11) is 1.68. The number of methoxy groups -OCH3 is 1. The van der Waals surface area contributed by atoms with E-state index in [1.165, 1.54) is 4.68 Å². The average molecular weight is 584 g/mol. The minimum absolute atomic E-state index is 0.215. The average Bonchev–Trinajstić information content (AvgIpc) is 3.20. The van der Waals surface area contributed by atoms with Crippen molar-refractivity contribution in [1.82, 2.24) is 14.2 Å².